The molecule has 0 aromatic heterocycles. The molecule has 0 radical (unpaired) electrons. The maximum absolute atomic E-state index is 12.8. The molecule has 2 aliphatic heterocycles. The van der Waals surface area contributed by atoms with E-state index in [9.17, 15) is 14.9 Å². The number of rotatable bonds is 3. The smallest absolute Gasteiger partial charge is 0.236 e. The van der Waals surface area contributed by atoms with Gasteiger partial charge in [-0.25, -0.2) is 0 Å². The largest absolute Gasteiger partial charge is 0.352 e. The van der Waals surface area contributed by atoms with E-state index >= 15 is 0 Å². The number of fused-ring (bicyclic) bond motifs is 2. The fourth-order valence-electron chi connectivity index (χ4n) is 5.01. The molecule has 3 aliphatic rings. The van der Waals surface area contributed by atoms with E-state index in [2.05, 4.69) is 30.6 Å². The Balaban J connectivity index is 1.44. The van der Waals surface area contributed by atoms with E-state index in [4.69, 9.17) is 0 Å². The minimum Gasteiger partial charge on any atom is -0.352 e. The normalized spacial score (nSPS) is 29.3. The van der Waals surface area contributed by atoms with Gasteiger partial charge in [-0.1, -0.05) is 32.0 Å². The van der Waals surface area contributed by atoms with Gasteiger partial charge in [-0.15, -0.1) is 0 Å². The highest BCUT2D eigenvalue weighted by Crippen LogP contribution is 2.46. The van der Waals surface area contributed by atoms with Crippen LogP contribution in [0, 0.1) is 16.7 Å². The van der Waals surface area contributed by atoms with Crippen molar-refractivity contribution in [3.8, 4) is 6.07 Å². The maximum Gasteiger partial charge on any atom is 0.236 e. The molecule has 0 unspecified atom stereocenters. The fourth-order valence-corrected chi connectivity index (χ4v) is 5.01. The monoisotopic (exact) mass is 380 g/mol. The van der Waals surface area contributed by atoms with Crippen molar-refractivity contribution in [2.24, 2.45) is 5.41 Å². The summed E-state index contributed by atoms with van der Waals surface area (Å²) < 4.78 is 0. The lowest BCUT2D eigenvalue weighted by molar-refractivity contribution is -0.124. The van der Waals surface area contributed by atoms with Crippen molar-refractivity contribution in [1.29, 1.82) is 5.26 Å². The molecule has 2 heterocycles. The van der Waals surface area contributed by atoms with E-state index in [1.54, 1.807) is 0 Å². The summed E-state index contributed by atoms with van der Waals surface area (Å²) in [5.74, 6) is -0.111. The highest BCUT2D eigenvalue weighted by Gasteiger charge is 2.54. The molecule has 2 atom stereocenters. The van der Waals surface area contributed by atoms with Gasteiger partial charge in [0.1, 0.15) is 0 Å². The zero-order valence-corrected chi connectivity index (χ0v) is 16.6. The van der Waals surface area contributed by atoms with Crippen molar-refractivity contribution in [3.05, 3.63) is 29.8 Å². The number of hydrogen-bond donors (Lipinski definition) is 2. The van der Waals surface area contributed by atoms with Crippen LogP contribution < -0.4 is 10.6 Å². The van der Waals surface area contributed by atoms with E-state index in [1.165, 1.54) is 0 Å². The van der Waals surface area contributed by atoms with Gasteiger partial charge >= 0.3 is 0 Å². The number of nitrogens with zero attached hydrogens (tertiary/aromatic N) is 2. The fraction of sp³-hybridized carbons (Fsp3) is 0.591. The molecule has 148 valence electrons. The minimum atomic E-state index is -0.730. The Bertz CT molecular complexity index is 833. The molecule has 4 rings (SSSR count). The average molecular weight is 380 g/mol. The SMILES string of the molecule is CC1(C)CCC(NC(=O)CN2C[C@]3(C[C@H]2C#N)C(=O)Nc2ccccc23)CC1. The highest BCUT2D eigenvalue weighted by molar-refractivity contribution is 6.06. The number of carbonyl (C=O) groups excluding carboxylic acids is 2. The van der Waals surface area contributed by atoms with Crippen LogP contribution in [-0.4, -0.2) is 41.9 Å². The Morgan fingerprint density at radius 2 is 2.04 bits per heavy atom. The molecule has 2 fully saturated rings. The molecule has 1 aromatic rings. The van der Waals surface area contributed by atoms with Crippen LogP contribution in [0.5, 0.6) is 0 Å². The van der Waals surface area contributed by atoms with Crippen molar-refractivity contribution in [1.82, 2.24) is 10.2 Å². The lowest BCUT2D eigenvalue weighted by atomic mass is 9.75. The lowest BCUT2D eigenvalue weighted by Crippen LogP contribution is -2.46. The highest BCUT2D eigenvalue weighted by atomic mass is 16.2. The second-order valence-corrected chi connectivity index (χ2v) is 9.34. The third-order valence-corrected chi connectivity index (χ3v) is 6.78. The van der Waals surface area contributed by atoms with Crippen LogP contribution in [0.4, 0.5) is 5.69 Å². The van der Waals surface area contributed by atoms with E-state index < -0.39 is 11.5 Å². The summed E-state index contributed by atoms with van der Waals surface area (Å²) in [7, 11) is 0. The van der Waals surface area contributed by atoms with Gasteiger partial charge in [0.15, 0.2) is 0 Å². The molecule has 2 N–H and O–H groups in total. The first-order chi connectivity index (χ1) is 13.3. The Morgan fingerprint density at radius 3 is 2.75 bits per heavy atom. The van der Waals surface area contributed by atoms with Crippen LogP contribution in [0.3, 0.4) is 0 Å². The summed E-state index contributed by atoms with van der Waals surface area (Å²) in [5.41, 5.74) is 1.39. The predicted molar refractivity (Wildman–Crippen MR) is 107 cm³/mol. The molecule has 1 aromatic carbocycles. The van der Waals surface area contributed by atoms with Gasteiger partial charge in [0.25, 0.3) is 0 Å². The van der Waals surface area contributed by atoms with Crippen LogP contribution in [0.25, 0.3) is 0 Å². The second kappa shape index (κ2) is 6.89. The molecule has 2 amide bonds. The van der Waals surface area contributed by atoms with Gasteiger partial charge in [0, 0.05) is 18.3 Å². The molecule has 6 heteroatoms. The third kappa shape index (κ3) is 3.29. The Hall–Kier alpha value is -2.39. The van der Waals surface area contributed by atoms with Gasteiger partial charge in [-0.05, 0) is 49.1 Å². The van der Waals surface area contributed by atoms with Gasteiger partial charge < -0.3 is 10.6 Å². The van der Waals surface area contributed by atoms with Crippen LogP contribution in [0.2, 0.25) is 0 Å². The van der Waals surface area contributed by atoms with Crippen molar-refractivity contribution >= 4 is 17.5 Å². The molecule has 1 saturated heterocycles. The number of hydrogen-bond acceptors (Lipinski definition) is 4. The number of carbonyl (C=O) groups is 2. The van der Waals surface area contributed by atoms with Crippen molar-refractivity contribution in [2.45, 2.75) is 63.5 Å². The first-order valence-electron chi connectivity index (χ1n) is 10.2. The minimum absolute atomic E-state index is 0.0475. The molecule has 1 saturated carbocycles. The molecule has 1 spiro atoms. The van der Waals surface area contributed by atoms with Crippen LogP contribution in [0.15, 0.2) is 24.3 Å². The summed E-state index contributed by atoms with van der Waals surface area (Å²) in [6, 6.07) is 9.74. The topological polar surface area (TPSA) is 85.2 Å². The summed E-state index contributed by atoms with van der Waals surface area (Å²) in [4.78, 5) is 27.3. The van der Waals surface area contributed by atoms with Gasteiger partial charge in [-0.2, -0.15) is 5.26 Å². The first-order valence-corrected chi connectivity index (χ1v) is 10.2. The van der Waals surface area contributed by atoms with E-state index in [1.807, 2.05) is 29.2 Å². The number of benzene rings is 1. The maximum atomic E-state index is 12.8. The number of anilines is 1. The lowest BCUT2D eigenvalue weighted by Gasteiger charge is -2.35. The van der Waals surface area contributed by atoms with Crippen molar-refractivity contribution in [3.63, 3.8) is 0 Å². The molecule has 28 heavy (non-hydrogen) atoms. The summed E-state index contributed by atoms with van der Waals surface area (Å²) in [6.45, 7) is 5.11. The molecular weight excluding hydrogens is 352 g/mol. The first kappa shape index (κ1) is 18.9. The molecule has 0 bridgehead atoms. The zero-order valence-electron chi connectivity index (χ0n) is 16.6. The summed E-state index contributed by atoms with van der Waals surface area (Å²) in [5, 5.41) is 15.7. The number of amides is 2. The Labute approximate surface area is 166 Å². The molecular formula is C22H28N4O2. The summed E-state index contributed by atoms with van der Waals surface area (Å²) >= 11 is 0. The Morgan fingerprint density at radius 1 is 1.32 bits per heavy atom. The average Bonchev–Trinajstić information content (AvgIpc) is 3.15. The third-order valence-electron chi connectivity index (χ3n) is 6.78. The molecule has 1 aliphatic carbocycles. The van der Waals surface area contributed by atoms with Crippen molar-refractivity contribution in [2.75, 3.05) is 18.4 Å². The number of para-hydroxylation sites is 1. The van der Waals surface area contributed by atoms with Gasteiger partial charge in [0.05, 0.1) is 24.1 Å². The quantitative estimate of drug-likeness (QED) is 0.844. The van der Waals surface area contributed by atoms with Gasteiger partial charge in [0.2, 0.25) is 11.8 Å². The van der Waals surface area contributed by atoms with Crippen LogP contribution in [-0.2, 0) is 15.0 Å². The summed E-state index contributed by atoms with van der Waals surface area (Å²) in [6.07, 6.45) is 4.66. The number of nitriles is 1. The standard InChI is InChI=1S/C22H28N4O2/c1-21(2)9-7-15(8-10-21)24-19(27)13-26-14-22(11-16(26)12-23)17-5-3-4-6-18(17)25-20(22)28/h3-6,15-16H,7-11,13-14H2,1-2H3,(H,24,27)(H,25,28)/t16-,22-/m0/s1. The number of likely N-dealkylation sites (tertiary alicyclic amines) is 1. The van der Waals surface area contributed by atoms with Crippen LogP contribution in [0.1, 0.15) is 51.5 Å². The predicted octanol–water partition coefficient (Wildman–Crippen LogP) is 2.56. The number of nitrogens with one attached hydrogen (secondary N) is 2. The van der Waals surface area contributed by atoms with Crippen LogP contribution >= 0.6 is 0 Å². The Kier molecular flexibility index (Phi) is 4.67. The van der Waals surface area contributed by atoms with E-state index in [0.29, 0.717) is 18.4 Å². The van der Waals surface area contributed by atoms with Gasteiger partial charge in [-0.3, -0.25) is 14.5 Å². The second-order valence-electron chi connectivity index (χ2n) is 9.34. The molecule has 6 nitrogen and oxygen atoms in total. The van der Waals surface area contributed by atoms with Crippen molar-refractivity contribution < 1.29 is 9.59 Å². The zero-order chi connectivity index (χ0) is 19.9. The van der Waals surface area contributed by atoms with E-state index in [-0.39, 0.29) is 24.4 Å². The van der Waals surface area contributed by atoms with E-state index in [0.717, 1.165) is 36.9 Å².